The fourth-order valence-corrected chi connectivity index (χ4v) is 4.57. The zero-order chi connectivity index (χ0) is 14.6. The molecule has 0 aliphatic heterocycles. The van der Waals surface area contributed by atoms with Gasteiger partial charge in [-0.15, -0.1) is 11.3 Å². The van der Waals surface area contributed by atoms with Gasteiger partial charge < -0.3 is 5.73 Å². The molecule has 1 aromatic heterocycles. The predicted molar refractivity (Wildman–Crippen MR) is 88.3 cm³/mol. The van der Waals surface area contributed by atoms with Crippen LogP contribution in [0.4, 0.5) is 0 Å². The van der Waals surface area contributed by atoms with Crippen molar-refractivity contribution < 1.29 is 0 Å². The van der Waals surface area contributed by atoms with Gasteiger partial charge in [0.15, 0.2) is 0 Å². The van der Waals surface area contributed by atoms with E-state index in [1.807, 2.05) is 11.3 Å². The first-order chi connectivity index (χ1) is 9.58. The van der Waals surface area contributed by atoms with E-state index < -0.39 is 0 Å². The molecule has 114 valence electrons. The van der Waals surface area contributed by atoms with Gasteiger partial charge in [0.25, 0.3) is 0 Å². The number of unbranched alkanes of at least 4 members (excludes halogenated alkanes) is 1. The summed E-state index contributed by atoms with van der Waals surface area (Å²) >= 11 is 1.87. The molecule has 0 atom stereocenters. The van der Waals surface area contributed by atoms with Gasteiger partial charge in [0, 0.05) is 11.3 Å². The van der Waals surface area contributed by atoms with E-state index in [0.29, 0.717) is 5.41 Å². The summed E-state index contributed by atoms with van der Waals surface area (Å²) in [5.74, 6) is 0.953. The quantitative estimate of drug-likeness (QED) is 0.831. The first kappa shape index (κ1) is 16.0. The van der Waals surface area contributed by atoms with Gasteiger partial charge in [0.2, 0.25) is 0 Å². The number of hydrogen-bond acceptors (Lipinski definition) is 3. The summed E-state index contributed by atoms with van der Waals surface area (Å²) in [5, 5.41) is 1.30. The van der Waals surface area contributed by atoms with Crippen LogP contribution in [-0.4, -0.2) is 11.5 Å². The summed E-state index contributed by atoms with van der Waals surface area (Å²) in [4.78, 5) is 6.09. The molecule has 1 aliphatic carbocycles. The highest BCUT2D eigenvalue weighted by Gasteiger charge is 2.35. The molecule has 1 aromatic rings. The molecule has 0 saturated heterocycles. The van der Waals surface area contributed by atoms with Crippen molar-refractivity contribution in [2.24, 2.45) is 17.1 Å². The molecule has 1 fully saturated rings. The van der Waals surface area contributed by atoms with Crippen LogP contribution in [0.3, 0.4) is 0 Å². The van der Waals surface area contributed by atoms with Gasteiger partial charge in [0.05, 0.1) is 10.7 Å². The number of hydrogen-bond donors (Lipinski definition) is 1. The molecule has 3 heteroatoms. The average Bonchev–Trinajstić information content (AvgIpc) is 2.76. The van der Waals surface area contributed by atoms with Crippen LogP contribution in [0.2, 0.25) is 0 Å². The van der Waals surface area contributed by atoms with Crippen LogP contribution >= 0.6 is 11.3 Å². The summed E-state index contributed by atoms with van der Waals surface area (Å²) in [5.41, 5.74) is 7.69. The van der Waals surface area contributed by atoms with E-state index in [9.17, 15) is 0 Å². The van der Waals surface area contributed by atoms with E-state index in [2.05, 4.69) is 20.8 Å². The summed E-state index contributed by atoms with van der Waals surface area (Å²) in [6.45, 7) is 7.41. The number of thiazole rings is 1. The Morgan fingerprint density at radius 2 is 2.00 bits per heavy atom. The lowest BCUT2D eigenvalue weighted by molar-refractivity contribution is 0.150. The Morgan fingerprint density at radius 3 is 2.50 bits per heavy atom. The SMILES string of the molecule is CCCCC1CCC(CN)(Cc2nc(C)c(C)s2)CC1. The van der Waals surface area contributed by atoms with Gasteiger partial charge >= 0.3 is 0 Å². The second kappa shape index (κ2) is 7.04. The highest BCUT2D eigenvalue weighted by Crippen LogP contribution is 2.42. The summed E-state index contributed by atoms with van der Waals surface area (Å²) in [6.07, 6.45) is 10.6. The maximum atomic E-state index is 6.15. The first-order valence-corrected chi connectivity index (χ1v) is 9.03. The number of nitrogens with two attached hydrogens (primary N) is 1. The lowest BCUT2D eigenvalue weighted by atomic mass is 9.68. The van der Waals surface area contributed by atoms with Crippen LogP contribution in [0.5, 0.6) is 0 Å². The largest absolute Gasteiger partial charge is 0.330 e. The van der Waals surface area contributed by atoms with Crippen molar-refractivity contribution in [1.82, 2.24) is 4.98 Å². The third-order valence-electron chi connectivity index (χ3n) is 5.16. The Labute approximate surface area is 128 Å². The molecule has 0 bridgehead atoms. The van der Waals surface area contributed by atoms with Gasteiger partial charge in [-0.3, -0.25) is 0 Å². The number of aromatic nitrogens is 1. The van der Waals surface area contributed by atoms with E-state index in [1.165, 1.54) is 60.5 Å². The summed E-state index contributed by atoms with van der Waals surface area (Å²) < 4.78 is 0. The van der Waals surface area contributed by atoms with Crippen LogP contribution in [-0.2, 0) is 6.42 Å². The smallest absolute Gasteiger partial charge is 0.0936 e. The van der Waals surface area contributed by atoms with Gasteiger partial charge in [-0.25, -0.2) is 4.98 Å². The molecule has 2 N–H and O–H groups in total. The van der Waals surface area contributed by atoms with Crippen molar-refractivity contribution in [3.05, 3.63) is 15.6 Å². The fourth-order valence-electron chi connectivity index (χ4n) is 3.46. The van der Waals surface area contributed by atoms with Crippen molar-refractivity contribution in [1.29, 1.82) is 0 Å². The highest BCUT2D eigenvalue weighted by atomic mass is 32.1. The third-order valence-corrected chi connectivity index (χ3v) is 6.24. The number of nitrogens with zero attached hydrogens (tertiary/aromatic N) is 1. The minimum absolute atomic E-state index is 0.333. The molecule has 0 radical (unpaired) electrons. The Bertz CT molecular complexity index is 397. The van der Waals surface area contributed by atoms with E-state index in [1.54, 1.807) is 0 Å². The Kier molecular flexibility index (Phi) is 5.62. The van der Waals surface area contributed by atoms with Gasteiger partial charge in [0.1, 0.15) is 0 Å². The van der Waals surface area contributed by atoms with Gasteiger partial charge in [-0.1, -0.05) is 26.2 Å². The minimum atomic E-state index is 0.333. The number of aryl methyl sites for hydroxylation is 2. The standard InChI is InChI=1S/C17H30N2S/c1-4-5-6-15-7-9-17(12-18,10-8-15)11-16-19-13(2)14(3)20-16/h15H,4-12,18H2,1-3H3. The molecular weight excluding hydrogens is 264 g/mol. The maximum absolute atomic E-state index is 6.15. The number of rotatable bonds is 6. The first-order valence-electron chi connectivity index (χ1n) is 8.21. The Balaban J connectivity index is 1.94. The average molecular weight is 295 g/mol. The summed E-state index contributed by atoms with van der Waals surface area (Å²) in [6, 6.07) is 0. The van der Waals surface area contributed by atoms with Crippen LogP contribution in [0.1, 0.15) is 67.4 Å². The molecule has 2 rings (SSSR count). The van der Waals surface area contributed by atoms with Crippen LogP contribution in [0.15, 0.2) is 0 Å². The van der Waals surface area contributed by atoms with Crippen molar-refractivity contribution in [2.75, 3.05) is 6.54 Å². The molecule has 1 aliphatic rings. The zero-order valence-corrected chi connectivity index (χ0v) is 14.2. The Morgan fingerprint density at radius 1 is 1.30 bits per heavy atom. The monoisotopic (exact) mass is 294 g/mol. The molecule has 1 heterocycles. The minimum Gasteiger partial charge on any atom is -0.330 e. The van der Waals surface area contributed by atoms with E-state index in [0.717, 1.165) is 18.9 Å². The maximum Gasteiger partial charge on any atom is 0.0936 e. The molecule has 1 saturated carbocycles. The van der Waals surface area contributed by atoms with Crippen molar-refractivity contribution in [3.8, 4) is 0 Å². The topological polar surface area (TPSA) is 38.9 Å². The zero-order valence-electron chi connectivity index (χ0n) is 13.4. The molecule has 20 heavy (non-hydrogen) atoms. The predicted octanol–water partition coefficient (Wildman–Crippen LogP) is 4.63. The highest BCUT2D eigenvalue weighted by molar-refractivity contribution is 7.11. The second-order valence-electron chi connectivity index (χ2n) is 6.72. The fraction of sp³-hybridized carbons (Fsp3) is 0.824. The normalized spacial score (nSPS) is 26.9. The van der Waals surface area contributed by atoms with Crippen LogP contribution in [0.25, 0.3) is 0 Å². The van der Waals surface area contributed by atoms with E-state index in [4.69, 9.17) is 10.7 Å². The van der Waals surface area contributed by atoms with Gasteiger partial charge in [-0.2, -0.15) is 0 Å². The molecule has 0 spiro atoms. The van der Waals surface area contributed by atoms with Crippen LogP contribution < -0.4 is 5.73 Å². The van der Waals surface area contributed by atoms with Crippen LogP contribution in [0, 0.1) is 25.2 Å². The molecular formula is C17H30N2S. The van der Waals surface area contributed by atoms with E-state index >= 15 is 0 Å². The van der Waals surface area contributed by atoms with Crippen molar-refractivity contribution in [3.63, 3.8) is 0 Å². The van der Waals surface area contributed by atoms with E-state index in [-0.39, 0.29) is 0 Å². The van der Waals surface area contributed by atoms with Crippen molar-refractivity contribution >= 4 is 11.3 Å². The second-order valence-corrected chi connectivity index (χ2v) is 8.00. The summed E-state index contributed by atoms with van der Waals surface area (Å²) in [7, 11) is 0. The molecule has 2 nitrogen and oxygen atoms in total. The van der Waals surface area contributed by atoms with Crippen molar-refractivity contribution in [2.45, 2.75) is 72.1 Å². The lowest BCUT2D eigenvalue weighted by Crippen LogP contribution is -2.36. The molecule has 0 aromatic carbocycles. The molecule has 0 amide bonds. The Hall–Kier alpha value is -0.410. The van der Waals surface area contributed by atoms with Gasteiger partial charge in [-0.05, 0) is 57.4 Å². The third kappa shape index (κ3) is 3.82. The molecule has 0 unspecified atom stereocenters. The lowest BCUT2D eigenvalue weighted by Gasteiger charge is -2.39.